The van der Waals surface area contributed by atoms with E-state index in [2.05, 4.69) is 12.6 Å². The van der Waals surface area contributed by atoms with E-state index in [4.69, 9.17) is 10.5 Å². The zero-order chi connectivity index (χ0) is 21.9. The summed E-state index contributed by atoms with van der Waals surface area (Å²) in [6, 6.07) is 16.4. The number of hydrogen-bond donors (Lipinski definition) is 1. The van der Waals surface area contributed by atoms with Gasteiger partial charge < -0.3 is 19.9 Å². The van der Waals surface area contributed by atoms with Gasteiger partial charge in [-0.3, -0.25) is 9.59 Å². The number of pyridine rings is 1. The Morgan fingerprint density at radius 2 is 1.90 bits per heavy atom. The van der Waals surface area contributed by atoms with Gasteiger partial charge in [0.15, 0.2) is 5.41 Å². The second-order valence-electron chi connectivity index (χ2n) is 7.51. The quantitative estimate of drug-likeness (QED) is 0.654. The molecule has 2 aliphatic heterocycles. The first kappa shape index (κ1) is 18.7. The summed E-state index contributed by atoms with van der Waals surface area (Å²) in [5, 5.41) is 10.7. The monoisotopic (exact) mass is 410 g/mol. The van der Waals surface area contributed by atoms with Gasteiger partial charge in [0.05, 0.1) is 11.1 Å². The van der Waals surface area contributed by atoms with Crippen molar-refractivity contribution in [2.24, 2.45) is 12.8 Å². The van der Waals surface area contributed by atoms with Gasteiger partial charge in [-0.2, -0.15) is 5.26 Å². The molecule has 7 heteroatoms. The Hall–Kier alpha value is -4.31. The Kier molecular flexibility index (Phi) is 3.83. The van der Waals surface area contributed by atoms with Crippen molar-refractivity contribution in [1.82, 2.24) is 4.57 Å². The molecule has 2 N–H and O–H groups in total. The van der Waals surface area contributed by atoms with Crippen molar-refractivity contribution in [3.63, 3.8) is 0 Å². The minimum absolute atomic E-state index is 0.0867. The number of benzene rings is 2. The number of amides is 1. The van der Waals surface area contributed by atoms with Crippen molar-refractivity contribution < 1.29 is 9.53 Å². The summed E-state index contributed by atoms with van der Waals surface area (Å²) in [4.78, 5) is 29.3. The molecule has 0 radical (unpaired) electrons. The van der Waals surface area contributed by atoms with E-state index in [1.54, 1.807) is 49.5 Å². The molecular formula is C24H18N4O3. The maximum absolute atomic E-state index is 14.0. The summed E-state index contributed by atoms with van der Waals surface area (Å²) in [6.07, 6.45) is 1.60. The molecule has 2 aliphatic rings. The Balaban J connectivity index is 2.03. The lowest BCUT2D eigenvalue weighted by Crippen LogP contribution is -2.49. The highest BCUT2D eigenvalue weighted by molar-refractivity contribution is 6.15. The smallest absolute Gasteiger partial charge is 0.259 e. The topological polar surface area (TPSA) is 101 Å². The van der Waals surface area contributed by atoms with Gasteiger partial charge >= 0.3 is 0 Å². The number of anilines is 1. The first-order chi connectivity index (χ1) is 15.0. The molecule has 7 nitrogen and oxygen atoms in total. The van der Waals surface area contributed by atoms with E-state index in [1.807, 2.05) is 12.1 Å². The molecule has 0 fully saturated rings. The summed E-state index contributed by atoms with van der Waals surface area (Å²) < 4.78 is 7.33. The molecule has 0 saturated heterocycles. The highest BCUT2D eigenvalue weighted by Gasteiger charge is 2.60. The summed E-state index contributed by atoms with van der Waals surface area (Å²) in [6.45, 7) is 3.97. The van der Waals surface area contributed by atoms with Crippen LogP contribution in [0.25, 0.3) is 10.9 Å². The molecule has 3 heterocycles. The molecule has 3 aromatic rings. The third-order valence-corrected chi connectivity index (χ3v) is 6.05. The van der Waals surface area contributed by atoms with Crippen LogP contribution in [0.5, 0.6) is 5.75 Å². The average molecular weight is 410 g/mol. The zero-order valence-corrected chi connectivity index (χ0v) is 16.8. The molecule has 5 rings (SSSR count). The zero-order valence-electron chi connectivity index (χ0n) is 16.8. The number of nitrogens with two attached hydrogens (primary N) is 1. The van der Waals surface area contributed by atoms with Crippen molar-refractivity contribution in [2.45, 2.75) is 5.41 Å². The number of aryl methyl sites for hydroxylation is 1. The molecular weight excluding hydrogens is 392 g/mol. The molecule has 152 valence electrons. The van der Waals surface area contributed by atoms with Crippen LogP contribution in [-0.4, -0.2) is 17.0 Å². The molecule has 1 atom stereocenters. The number of hydrogen-bond acceptors (Lipinski definition) is 5. The number of fused-ring (bicyclic) bond motifs is 6. The molecule has 0 bridgehead atoms. The fourth-order valence-corrected chi connectivity index (χ4v) is 4.76. The molecule has 1 amide bonds. The van der Waals surface area contributed by atoms with Gasteiger partial charge in [0.2, 0.25) is 11.8 Å². The molecule has 31 heavy (non-hydrogen) atoms. The molecule has 1 aromatic heterocycles. The summed E-state index contributed by atoms with van der Waals surface area (Å²) in [5.41, 5.74) is 5.89. The van der Waals surface area contributed by atoms with E-state index in [9.17, 15) is 14.9 Å². The van der Waals surface area contributed by atoms with E-state index < -0.39 is 16.9 Å². The SMILES string of the molecule is C=CCN1C(=O)[C@@]2(C(C#N)=C(N)Oc3c2c(=O)n(C)c2ccccc32)c2ccccc21. The largest absolute Gasteiger partial charge is 0.439 e. The third kappa shape index (κ3) is 2.11. The fraction of sp³-hybridized carbons (Fsp3) is 0.125. The number of nitriles is 1. The van der Waals surface area contributed by atoms with Crippen molar-refractivity contribution in [2.75, 3.05) is 11.4 Å². The number of ether oxygens (including phenoxy) is 1. The standard InChI is InChI=1S/C24H18N4O3/c1-3-12-28-18-11-7-5-9-15(18)24(23(28)30)16(13-25)21(26)31-20-14-8-4-6-10-17(14)27(2)22(29)19(20)24/h3-11H,1,12,26H2,2H3/t24-/m1/s1. The number of rotatable bonds is 2. The van der Waals surface area contributed by atoms with Crippen LogP contribution in [0.3, 0.4) is 0 Å². The van der Waals surface area contributed by atoms with Crippen LogP contribution in [0.4, 0.5) is 5.69 Å². The van der Waals surface area contributed by atoms with Gasteiger partial charge in [0.1, 0.15) is 17.4 Å². The maximum atomic E-state index is 14.0. The van der Waals surface area contributed by atoms with Crippen LogP contribution in [0.2, 0.25) is 0 Å². The lowest BCUT2D eigenvalue weighted by Gasteiger charge is -2.34. The van der Waals surface area contributed by atoms with Crippen LogP contribution in [0, 0.1) is 11.3 Å². The van der Waals surface area contributed by atoms with Crippen LogP contribution in [-0.2, 0) is 17.3 Å². The summed E-state index contributed by atoms with van der Waals surface area (Å²) in [7, 11) is 1.64. The molecule has 0 unspecified atom stereocenters. The predicted molar refractivity (Wildman–Crippen MR) is 116 cm³/mol. The van der Waals surface area contributed by atoms with Crippen molar-refractivity contribution in [3.8, 4) is 11.8 Å². The van der Waals surface area contributed by atoms with Gasteiger partial charge in [0.25, 0.3) is 5.56 Å². The Bertz CT molecular complexity index is 1440. The van der Waals surface area contributed by atoms with Gasteiger partial charge in [-0.25, -0.2) is 0 Å². The third-order valence-electron chi connectivity index (χ3n) is 6.05. The first-order valence-corrected chi connectivity index (χ1v) is 9.71. The van der Waals surface area contributed by atoms with Gasteiger partial charge in [-0.05, 0) is 18.2 Å². The summed E-state index contributed by atoms with van der Waals surface area (Å²) in [5.74, 6) is -0.402. The van der Waals surface area contributed by atoms with Gasteiger partial charge in [-0.1, -0.05) is 36.4 Å². The molecule has 2 aromatic carbocycles. The Labute approximate surface area is 177 Å². The Morgan fingerprint density at radius 1 is 1.19 bits per heavy atom. The van der Waals surface area contributed by atoms with Crippen molar-refractivity contribution >= 4 is 22.5 Å². The van der Waals surface area contributed by atoms with Crippen molar-refractivity contribution in [1.29, 1.82) is 5.26 Å². The van der Waals surface area contributed by atoms with Gasteiger partial charge in [-0.15, -0.1) is 6.58 Å². The van der Waals surface area contributed by atoms with Crippen LogP contribution in [0.15, 0.2) is 77.4 Å². The highest BCUT2D eigenvalue weighted by atomic mass is 16.5. The Morgan fingerprint density at radius 3 is 2.65 bits per heavy atom. The minimum atomic E-state index is -1.69. The van der Waals surface area contributed by atoms with Crippen LogP contribution < -0.4 is 20.9 Å². The average Bonchev–Trinajstić information content (AvgIpc) is 3.01. The number of aromatic nitrogens is 1. The molecule has 0 saturated carbocycles. The van der Waals surface area contributed by atoms with E-state index in [-0.39, 0.29) is 29.3 Å². The number of carbonyl (C=O) groups excluding carboxylic acids is 1. The van der Waals surface area contributed by atoms with Crippen molar-refractivity contribution in [3.05, 3.63) is 94.1 Å². The van der Waals surface area contributed by atoms with E-state index in [0.717, 1.165) is 0 Å². The second kappa shape index (κ2) is 6.34. The minimum Gasteiger partial charge on any atom is -0.439 e. The highest BCUT2D eigenvalue weighted by Crippen LogP contribution is 2.55. The summed E-state index contributed by atoms with van der Waals surface area (Å²) >= 11 is 0. The van der Waals surface area contributed by atoms with E-state index in [1.165, 1.54) is 9.47 Å². The van der Waals surface area contributed by atoms with Crippen LogP contribution >= 0.6 is 0 Å². The lowest BCUT2D eigenvalue weighted by molar-refractivity contribution is -0.120. The second-order valence-corrected chi connectivity index (χ2v) is 7.51. The van der Waals surface area contributed by atoms with Gasteiger partial charge in [0, 0.05) is 30.2 Å². The first-order valence-electron chi connectivity index (χ1n) is 9.71. The normalized spacial score (nSPS) is 19.2. The lowest BCUT2D eigenvalue weighted by atomic mass is 9.69. The molecule has 0 aliphatic carbocycles. The maximum Gasteiger partial charge on any atom is 0.259 e. The fourth-order valence-electron chi connectivity index (χ4n) is 4.76. The molecule has 1 spiro atoms. The van der Waals surface area contributed by atoms with E-state index in [0.29, 0.717) is 22.2 Å². The van der Waals surface area contributed by atoms with E-state index >= 15 is 0 Å². The number of nitrogens with zero attached hydrogens (tertiary/aromatic N) is 3. The van der Waals surface area contributed by atoms with Crippen LogP contribution in [0.1, 0.15) is 11.1 Å². The predicted octanol–water partition coefficient (Wildman–Crippen LogP) is 2.44. The number of para-hydroxylation sites is 2. The number of carbonyl (C=O) groups is 1.